The number of hydrogen-bond acceptors (Lipinski definition) is 2. The van der Waals surface area contributed by atoms with Gasteiger partial charge in [-0.15, -0.1) is 6.42 Å². The summed E-state index contributed by atoms with van der Waals surface area (Å²) in [7, 11) is 0. The van der Waals surface area contributed by atoms with Crippen molar-refractivity contribution in [2.24, 2.45) is 0 Å². The minimum absolute atomic E-state index is 0.250. The molecule has 0 saturated carbocycles. The highest BCUT2D eigenvalue weighted by molar-refractivity contribution is 6.30. The predicted octanol–water partition coefficient (Wildman–Crippen LogP) is 3.96. The molecule has 0 radical (unpaired) electrons. The van der Waals surface area contributed by atoms with Crippen molar-refractivity contribution in [3.8, 4) is 18.1 Å². The van der Waals surface area contributed by atoms with E-state index in [4.69, 9.17) is 22.8 Å². The first-order valence-corrected chi connectivity index (χ1v) is 6.31. The molecule has 0 aliphatic heterocycles. The van der Waals surface area contributed by atoms with E-state index in [2.05, 4.69) is 11.2 Å². The number of anilines is 1. The Bertz CT molecular complexity index is 575. The number of terminal acetylenes is 1. The third-order valence-corrected chi connectivity index (χ3v) is 2.83. The molecule has 0 aromatic heterocycles. The van der Waals surface area contributed by atoms with E-state index in [-0.39, 0.29) is 6.61 Å². The van der Waals surface area contributed by atoms with E-state index >= 15 is 0 Å². The second kappa shape index (κ2) is 6.72. The van der Waals surface area contributed by atoms with Crippen LogP contribution in [0.25, 0.3) is 0 Å². The van der Waals surface area contributed by atoms with Gasteiger partial charge in [-0.1, -0.05) is 35.7 Å². The Morgan fingerprint density at radius 3 is 2.68 bits per heavy atom. The molecule has 3 heteroatoms. The van der Waals surface area contributed by atoms with Gasteiger partial charge >= 0.3 is 0 Å². The SMILES string of the molecule is C#CCOc1ccc(Cl)cc1CNc1ccccc1. The summed E-state index contributed by atoms with van der Waals surface area (Å²) in [5.41, 5.74) is 2.02. The summed E-state index contributed by atoms with van der Waals surface area (Å²) in [5.74, 6) is 3.21. The van der Waals surface area contributed by atoms with Crippen LogP contribution < -0.4 is 10.1 Å². The molecule has 1 N–H and O–H groups in total. The van der Waals surface area contributed by atoms with Gasteiger partial charge in [0.15, 0.2) is 0 Å². The normalized spacial score (nSPS) is 9.68. The summed E-state index contributed by atoms with van der Waals surface area (Å²) in [4.78, 5) is 0. The number of hydrogen-bond donors (Lipinski definition) is 1. The Labute approximate surface area is 118 Å². The van der Waals surface area contributed by atoms with Crippen LogP contribution >= 0.6 is 11.6 Å². The number of halogens is 1. The lowest BCUT2D eigenvalue weighted by atomic mass is 10.2. The highest BCUT2D eigenvalue weighted by Gasteiger charge is 2.04. The average Bonchev–Trinajstić information content (AvgIpc) is 2.45. The van der Waals surface area contributed by atoms with Gasteiger partial charge < -0.3 is 10.1 Å². The van der Waals surface area contributed by atoms with Crippen LogP contribution in [0.1, 0.15) is 5.56 Å². The maximum absolute atomic E-state index is 6.01. The molecular weight excluding hydrogens is 258 g/mol. The maximum atomic E-state index is 6.01. The molecule has 0 heterocycles. The van der Waals surface area contributed by atoms with Gasteiger partial charge in [-0.05, 0) is 30.3 Å². The molecule has 0 amide bonds. The summed E-state index contributed by atoms with van der Waals surface area (Å²) < 4.78 is 5.49. The third kappa shape index (κ3) is 3.94. The van der Waals surface area contributed by atoms with Gasteiger partial charge in [-0.3, -0.25) is 0 Å². The van der Waals surface area contributed by atoms with Crippen LogP contribution in [0.15, 0.2) is 48.5 Å². The fraction of sp³-hybridized carbons (Fsp3) is 0.125. The van der Waals surface area contributed by atoms with E-state index in [1.165, 1.54) is 0 Å². The smallest absolute Gasteiger partial charge is 0.148 e. The van der Waals surface area contributed by atoms with Crippen molar-refractivity contribution in [3.63, 3.8) is 0 Å². The van der Waals surface area contributed by atoms with Gasteiger partial charge in [-0.2, -0.15) is 0 Å². The van der Waals surface area contributed by atoms with E-state index in [1.807, 2.05) is 42.5 Å². The summed E-state index contributed by atoms with van der Waals surface area (Å²) in [6, 6.07) is 15.5. The number of nitrogens with one attached hydrogen (secondary N) is 1. The summed E-state index contributed by atoms with van der Waals surface area (Å²) in [6.45, 7) is 0.879. The topological polar surface area (TPSA) is 21.3 Å². The maximum Gasteiger partial charge on any atom is 0.148 e. The lowest BCUT2D eigenvalue weighted by Crippen LogP contribution is -2.03. The molecule has 2 aromatic rings. The first-order chi connectivity index (χ1) is 9.29. The number of rotatable bonds is 5. The molecule has 0 atom stereocenters. The fourth-order valence-electron chi connectivity index (χ4n) is 1.70. The van der Waals surface area contributed by atoms with Crippen molar-refractivity contribution in [1.82, 2.24) is 0 Å². The quantitative estimate of drug-likeness (QED) is 0.831. The van der Waals surface area contributed by atoms with Crippen LogP contribution in [0.4, 0.5) is 5.69 Å². The standard InChI is InChI=1S/C16H14ClNO/c1-2-10-19-16-9-8-14(17)11-13(16)12-18-15-6-4-3-5-7-15/h1,3-9,11,18H,10,12H2. The zero-order chi connectivity index (χ0) is 13.5. The number of para-hydroxylation sites is 1. The molecule has 2 aromatic carbocycles. The molecule has 0 aliphatic rings. The van der Waals surface area contributed by atoms with Gasteiger partial charge in [0.1, 0.15) is 12.4 Å². The molecule has 19 heavy (non-hydrogen) atoms. The lowest BCUT2D eigenvalue weighted by Gasteiger charge is -2.12. The monoisotopic (exact) mass is 271 g/mol. The summed E-state index contributed by atoms with van der Waals surface area (Å²) >= 11 is 6.01. The first kappa shape index (κ1) is 13.3. The van der Waals surface area contributed by atoms with E-state index in [1.54, 1.807) is 6.07 Å². The van der Waals surface area contributed by atoms with Crippen LogP contribution in [0.3, 0.4) is 0 Å². The molecule has 2 nitrogen and oxygen atoms in total. The number of benzene rings is 2. The van der Waals surface area contributed by atoms with Crippen LogP contribution in [0.5, 0.6) is 5.75 Å². The molecule has 2 rings (SSSR count). The fourth-order valence-corrected chi connectivity index (χ4v) is 1.89. The van der Waals surface area contributed by atoms with Gasteiger partial charge in [0.25, 0.3) is 0 Å². The highest BCUT2D eigenvalue weighted by Crippen LogP contribution is 2.24. The minimum atomic E-state index is 0.250. The molecule has 0 aliphatic carbocycles. The van der Waals surface area contributed by atoms with E-state index < -0.39 is 0 Å². The summed E-state index contributed by atoms with van der Waals surface area (Å²) in [6.07, 6.45) is 5.20. The van der Waals surface area contributed by atoms with Crippen molar-refractivity contribution >= 4 is 17.3 Å². The van der Waals surface area contributed by atoms with Crippen LogP contribution in [0.2, 0.25) is 5.02 Å². The van der Waals surface area contributed by atoms with Crippen molar-refractivity contribution < 1.29 is 4.74 Å². The minimum Gasteiger partial charge on any atom is -0.481 e. The predicted molar refractivity (Wildman–Crippen MR) is 79.5 cm³/mol. The van der Waals surface area contributed by atoms with Crippen molar-refractivity contribution in [2.75, 3.05) is 11.9 Å². The van der Waals surface area contributed by atoms with E-state index in [0.29, 0.717) is 11.6 Å². The zero-order valence-corrected chi connectivity index (χ0v) is 11.2. The van der Waals surface area contributed by atoms with Crippen LogP contribution in [-0.4, -0.2) is 6.61 Å². The van der Waals surface area contributed by atoms with Gasteiger partial charge in [-0.25, -0.2) is 0 Å². The summed E-state index contributed by atoms with van der Waals surface area (Å²) in [5, 5.41) is 3.99. The first-order valence-electron chi connectivity index (χ1n) is 5.93. The van der Waals surface area contributed by atoms with E-state index in [0.717, 1.165) is 17.0 Å². The van der Waals surface area contributed by atoms with Crippen molar-refractivity contribution in [2.45, 2.75) is 6.54 Å². The molecular formula is C16H14ClNO. The molecule has 0 bridgehead atoms. The molecule has 0 fully saturated rings. The van der Waals surface area contributed by atoms with Crippen LogP contribution in [-0.2, 0) is 6.54 Å². The second-order valence-corrected chi connectivity index (χ2v) is 4.40. The molecule has 0 saturated heterocycles. The zero-order valence-electron chi connectivity index (χ0n) is 10.4. The third-order valence-electron chi connectivity index (χ3n) is 2.59. The number of ether oxygens (including phenoxy) is 1. The van der Waals surface area contributed by atoms with Gasteiger partial charge in [0.2, 0.25) is 0 Å². The van der Waals surface area contributed by atoms with Gasteiger partial charge in [0.05, 0.1) is 0 Å². The molecule has 0 spiro atoms. The van der Waals surface area contributed by atoms with Crippen molar-refractivity contribution in [3.05, 3.63) is 59.1 Å². The van der Waals surface area contributed by atoms with E-state index in [9.17, 15) is 0 Å². The Balaban J connectivity index is 2.10. The van der Waals surface area contributed by atoms with Gasteiger partial charge in [0, 0.05) is 22.8 Å². The Kier molecular flexibility index (Phi) is 4.72. The Hall–Kier alpha value is -2.11. The molecule has 96 valence electrons. The Morgan fingerprint density at radius 2 is 1.95 bits per heavy atom. The van der Waals surface area contributed by atoms with Crippen LogP contribution in [0, 0.1) is 12.3 Å². The Morgan fingerprint density at radius 1 is 1.16 bits per heavy atom. The second-order valence-electron chi connectivity index (χ2n) is 3.96. The lowest BCUT2D eigenvalue weighted by molar-refractivity contribution is 0.366. The van der Waals surface area contributed by atoms with Crippen molar-refractivity contribution in [1.29, 1.82) is 0 Å². The largest absolute Gasteiger partial charge is 0.481 e. The highest BCUT2D eigenvalue weighted by atomic mass is 35.5. The molecule has 0 unspecified atom stereocenters. The average molecular weight is 272 g/mol.